The number of hydrogen-bond acceptors (Lipinski definition) is 3. The Morgan fingerprint density at radius 1 is 1.43 bits per heavy atom. The first-order valence-electron chi connectivity index (χ1n) is 5.37. The van der Waals surface area contributed by atoms with Gasteiger partial charge in [-0.2, -0.15) is 0 Å². The summed E-state index contributed by atoms with van der Waals surface area (Å²) in [6, 6.07) is 0.936. The van der Waals surface area contributed by atoms with Crippen LogP contribution in [0, 0.1) is 0 Å². The summed E-state index contributed by atoms with van der Waals surface area (Å²) in [7, 11) is 6.41. The Bertz CT molecular complexity index is 181. The van der Waals surface area contributed by atoms with Crippen LogP contribution in [0.1, 0.15) is 6.42 Å². The van der Waals surface area contributed by atoms with Crippen LogP contribution in [-0.4, -0.2) is 62.7 Å². The average molecular weight is 197 g/mol. The van der Waals surface area contributed by atoms with Crippen molar-refractivity contribution < 1.29 is 0 Å². The molecule has 1 rings (SSSR count). The van der Waals surface area contributed by atoms with Crippen molar-refractivity contribution in [3.8, 4) is 0 Å². The molecule has 0 spiro atoms. The molecule has 0 saturated carbocycles. The van der Waals surface area contributed by atoms with E-state index < -0.39 is 0 Å². The second-order valence-electron chi connectivity index (χ2n) is 4.21. The molecule has 2 unspecified atom stereocenters. The van der Waals surface area contributed by atoms with Crippen LogP contribution in [0.5, 0.6) is 0 Å². The molecule has 0 radical (unpaired) electrons. The quantitative estimate of drug-likeness (QED) is 0.661. The SMILES string of the molecule is C=CC(NC)C1CN(C)CCCN1C. The highest BCUT2D eigenvalue weighted by Crippen LogP contribution is 2.10. The summed E-state index contributed by atoms with van der Waals surface area (Å²) >= 11 is 0. The third-order valence-corrected chi connectivity index (χ3v) is 3.12. The van der Waals surface area contributed by atoms with Crippen LogP contribution in [0.3, 0.4) is 0 Å². The normalized spacial score (nSPS) is 28.4. The highest BCUT2D eigenvalue weighted by molar-refractivity contribution is 4.96. The Kier molecular flexibility index (Phi) is 4.58. The molecule has 3 heteroatoms. The fourth-order valence-corrected chi connectivity index (χ4v) is 2.16. The van der Waals surface area contributed by atoms with E-state index in [0.29, 0.717) is 12.1 Å². The van der Waals surface area contributed by atoms with Gasteiger partial charge in [0.2, 0.25) is 0 Å². The summed E-state index contributed by atoms with van der Waals surface area (Å²) in [5.41, 5.74) is 0. The number of likely N-dealkylation sites (N-methyl/N-ethyl adjacent to an activating group) is 3. The first-order valence-corrected chi connectivity index (χ1v) is 5.37. The van der Waals surface area contributed by atoms with Gasteiger partial charge in [0.25, 0.3) is 0 Å². The van der Waals surface area contributed by atoms with Crippen molar-refractivity contribution in [1.82, 2.24) is 15.1 Å². The minimum absolute atomic E-state index is 0.389. The largest absolute Gasteiger partial charge is 0.312 e. The van der Waals surface area contributed by atoms with E-state index in [1.165, 1.54) is 19.5 Å². The lowest BCUT2D eigenvalue weighted by molar-refractivity contribution is 0.199. The maximum absolute atomic E-state index is 3.89. The van der Waals surface area contributed by atoms with Crippen molar-refractivity contribution in [2.24, 2.45) is 0 Å². The predicted octanol–water partition coefficient (Wildman–Crippen LogP) is 0.396. The molecule has 1 aliphatic rings. The Morgan fingerprint density at radius 3 is 2.71 bits per heavy atom. The van der Waals surface area contributed by atoms with E-state index in [1.54, 1.807) is 0 Å². The van der Waals surface area contributed by atoms with Crippen LogP contribution in [0.25, 0.3) is 0 Å². The van der Waals surface area contributed by atoms with Gasteiger partial charge in [0.1, 0.15) is 0 Å². The molecule has 0 aromatic heterocycles. The number of nitrogens with zero attached hydrogens (tertiary/aromatic N) is 2. The van der Waals surface area contributed by atoms with Crippen molar-refractivity contribution in [3.05, 3.63) is 12.7 Å². The summed E-state index contributed by atoms with van der Waals surface area (Å²) in [6.45, 7) is 7.39. The first kappa shape index (κ1) is 11.7. The molecule has 1 fully saturated rings. The summed E-state index contributed by atoms with van der Waals surface area (Å²) in [5.74, 6) is 0. The standard InChI is InChI=1S/C11H23N3/c1-5-10(12-2)11-9-13(3)7-6-8-14(11)4/h5,10-12H,1,6-9H2,2-4H3. The van der Waals surface area contributed by atoms with Gasteiger partial charge in [-0.3, -0.25) is 0 Å². The van der Waals surface area contributed by atoms with E-state index in [4.69, 9.17) is 0 Å². The smallest absolute Gasteiger partial charge is 0.0414 e. The number of rotatable bonds is 3. The molecule has 82 valence electrons. The van der Waals surface area contributed by atoms with E-state index in [2.05, 4.69) is 35.8 Å². The number of nitrogens with one attached hydrogen (secondary N) is 1. The molecule has 14 heavy (non-hydrogen) atoms. The zero-order valence-electron chi connectivity index (χ0n) is 9.66. The van der Waals surface area contributed by atoms with Crippen molar-refractivity contribution in [2.75, 3.05) is 40.8 Å². The van der Waals surface area contributed by atoms with E-state index in [1.807, 2.05) is 13.1 Å². The van der Waals surface area contributed by atoms with E-state index in [0.717, 1.165) is 6.54 Å². The minimum atomic E-state index is 0.389. The van der Waals surface area contributed by atoms with Gasteiger partial charge in [-0.15, -0.1) is 6.58 Å². The van der Waals surface area contributed by atoms with Crippen LogP contribution in [0.2, 0.25) is 0 Å². The van der Waals surface area contributed by atoms with Gasteiger partial charge in [0.15, 0.2) is 0 Å². The summed E-state index contributed by atoms with van der Waals surface area (Å²) in [6.07, 6.45) is 3.28. The molecule has 0 amide bonds. The molecule has 1 heterocycles. The maximum Gasteiger partial charge on any atom is 0.0414 e. The van der Waals surface area contributed by atoms with Crippen LogP contribution in [0.15, 0.2) is 12.7 Å². The summed E-state index contributed by atoms with van der Waals surface area (Å²) in [5, 5.41) is 3.31. The topological polar surface area (TPSA) is 18.5 Å². The molecule has 3 nitrogen and oxygen atoms in total. The minimum Gasteiger partial charge on any atom is -0.312 e. The second kappa shape index (κ2) is 5.49. The lowest BCUT2D eigenvalue weighted by Crippen LogP contribution is -2.50. The molecule has 1 N–H and O–H groups in total. The van der Waals surface area contributed by atoms with Gasteiger partial charge in [0, 0.05) is 18.6 Å². The second-order valence-corrected chi connectivity index (χ2v) is 4.21. The van der Waals surface area contributed by atoms with Gasteiger partial charge in [0.05, 0.1) is 0 Å². The molecule has 0 aromatic carbocycles. The van der Waals surface area contributed by atoms with Crippen LogP contribution >= 0.6 is 0 Å². The monoisotopic (exact) mass is 197 g/mol. The Hall–Kier alpha value is -0.380. The van der Waals surface area contributed by atoms with E-state index in [9.17, 15) is 0 Å². The lowest BCUT2D eigenvalue weighted by Gasteiger charge is -2.32. The highest BCUT2D eigenvalue weighted by Gasteiger charge is 2.25. The Morgan fingerprint density at radius 2 is 2.14 bits per heavy atom. The van der Waals surface area contributed by atoms with Gasteiger partial charge in [-0.1, -0.05) is 6.08 Å². The molecule has 2 atom stereocenters. The van der Waals surface area contributed by atoms with Crippen LogP contribution in [-0.2, 0) is 0 Å². The van der Waals surface area contributed by atoms with Crippen molar-refractivity contribution in [1.29, 1.82) is 0 Å². The van der Waals surface area contributed by atoms with E-state index >= 15 is 0 Å². The maximum atomic E-state index is 3.89. The van der Waals surface area contributed by atoms with Crippen LogP contribution in [0.4, 0.5) is 0 Å². The molecule has 0 bridgehead atoms. The fourth-order valence-electron chi connectivity index (χ4n) is 2.16. The Balaban J connectivity index is 2.65. The molecular weight excluding hydrogens is 174 g/mol. The molecule has 1 saturated heterocycles. The van der Waals surface area contributed by atoms with Gasteiger partial charge in [-0.25, -0.2) is 0 Å². The molecule has 1 aliphatic heterocycles. The first-order chi connectivity index (χ1) is 6.69. The molecule has 0 aromatic rings. The van der Waals surface area contributed by atoms with Gasteiger partial charge >= 0.3 is 0 Å². The lowest BCUT2D eigenvalue weighted by atomic mass is 10.1. The highest BCUT2D eigenvalue weighted by atomic mass is 15.2. The van der Waals surface area contributed by atoms with Crippen molar-refractivity contribution >= 4 is 0 Å². The average Bonchev–Trinajstić information content (AvgIpc) is 2.32. The molecular formula is C11H23N3. The summed E-state index contributed by atoms with van der Waals surface area (Å²) in [4.78, 5) is 4.84. The van der Waals surface area contributed by atoms with Gasteiger partial charge < -0.3 is 15.1 Å². The Labute approximate surface area is 87.8 Å². The predicted molar refractivity (Wildman–Crippen MR) is 61.6 cm³/mol. The zero-order chi connectivity index (χ0) is 10.6. The van der Waals surface area contributed by atoms with Gasteiger partial charge in [-0.05, 0) is 40.7 Å². The van der Waals surface area contributed by atoms with Crippen molar-refractivity contribution in [3.63, 3.8) is 0 Å². The molecule has 0 aliphatic carbocycles. The zero-order valence-corrected chi connectivity index (χ0v) is 9.66. The number of hydrogen-bond donors (Lipinski definition) is 1. The fraction of sp³-hybridized carbons (Fsp3) is 0.818. The van der Waals surface area contributed by atoms with Crippen LogP contribution < -0.4 is 5.32 Å². The van der Waals surface area contributed by atoms with E-state index in [-0.39, 0.29) is 0 Å². The third kappa shape index (κ3) is 2.80. The van der Waals surface area contributed by atoms with Crippen molar-refractivity contribution in [2.45, 2.75) is 18.5 Å². The summed E-state index contributed by atoms with van der Waals surface area (Å²) < 4.78 is 0. The third-order valence-electron chi connectivity index (χ3n) is 3.12.